The third kappa shape index (κ3) is 4.89. The topological polar surface area (TPSA) is 43.4 Å². The van der Waals surface area contributed by atoms with E-state index in [0.29, 0.717) is 10.6 Å². The highest BCUT2D eigenvalue weighted by atomic mass is 35.5. The third-order valence-corrected chi connectivity index (χ3v) is 3.20. The maximum Gasteiger partial charge on any atom is 0.490 e. The molecule has 1 aromatic rings. The molecule has 0 atom stereocenters. The number of hydrogen-bond donors (Lipinski definition) is 0. The molecule has 0 aromatic heterocycles. The maximum absolute atomic E-state index is 12.2. The molecule has 0 aliphatic rings. The van der Waals surface area contributed by atoms with Gasteiger partial charge in [0.25, 0.3) is 0 Å². The van der Waals surface area contributed by atoms with Gasteiger partial charge in [-0.3, -0.25) is 4.79 Å². The van der Waals surface area contributed by atoms with E-state index in [9.17, 15) is 22.8 Å². The predicted molar refractivity (Wildman–Crippen MR) is 71.4 cm³/mol. The molecule has 0 aliphatic carbocycles. The van der Waals surface area contributed by atoms with Gasteiger partial charge < -0.3 is 4.74 Å². The summed E-state index contributed by atoms with van der Waals surface area (Å²) >= 11 is 11.6. The molecule has 0 saturated heterocycles. The summed E-state index contributed by atoms with van der Waals surface area (Å²) in [6.07, 6.45) is -5.44. The Labute approximate surface area is 129 Å². The van der Waals surface area contributed by atoms with Crippen LogP contribution in [0.25, 0.3) is 0 Å². The minimum atomic E-state index is -5.16. The van der Waals surface area contributed by atoms with Gasteiger partial charge in [0.05, 0.1) is 0 Å². The molecule has 0 aliphatic heterocycles. The standard InChI is InChI=1S/C13H11Cl2F3O3/c1-12(2,21-11(20)13(16,17)18)10(19)5-7-3-4-8(14)6-9(7)15/h3-4,6H,5H2,1-2H3. The van der Waals surface area contributed by atoms with E-state index in [2.05, 4.69) is 4.74 Å². The van der Waals surface area contributed by atoms with Crippen molar-refractivity contribution in [3.8, 4) is 0 Å². The number of alkyl halides is 3. The maximum atomic E-state index is 12.2. The number of rotatable bonds is 4. The van der Waals surface area contributed by atoms with E-state index in [4.69, 9.17) is 23.2 Å². The van der Waals surface area contributed by atoms with Gasteiger partial charge in [0, 0.05) is 16.5 Å². The zero-order valence-electron chi connectivity index (χ0n) is 11.1. The Bertz CT molecular complexity index is 568. The summed E-state index contributed by atoms with van der Waals surface area (Å²) in [5.41, 5.74) is -1.54. The highest BCUT2D eigenvalue weighted by Crippen LogP contribution is 2.26. The summed E-state index contributed by atoms with van der Waals surface area (Å²) in [6.45, 7) is 2.17. The fourth-order valence-corrected chi connectivity index (χ4v) is 1.87. The molecule has 8 heteroatoms. The van der Waals surface area contributed by atoms with E-state index < -0.39 is 23.5 Å². The summed E-state index contributed by atoms with van der Waals surface area (Å²) in [4.78, 5) is 22.8. The highest BCUT2D eigenvalue weighted by molar-refractivity contribution is 6.35. The highest BCUT2D eigenvalue weighted by Gasteiger charge is 2.45. The van der Waals surface area contributed by atoms with Crippen molar-refractivity contribution in [2.24, 2.45) is 0 Å². The second-order valence-electron chi connectivity index (χ2n) is 4.73. The Morgan fingerprint density at radius 1 is 1.19 bits per heavy atom. The van der Waals surface area contributed by atoms with E-state index in [-0.39, 0.29) is 11.4 Å². The van der Waals surface area contributed by atoms with Gasteiger partial charge >= 0.3 is 12.1 Å². The third-order valence-electron chi connectivity index (χ3n) is 2.62. The molecule has 0 fully saturated rings. The van der Waals surface area contributed by atoms with Crippen LogP contribution in [0.4, 0.5) is 13.2 Å². The van der Waals surface area contributed by atoms with E-state index >= 15 is 0 Å². The quantitative estimate of drug-likeness (QED) is 0.777. The first-order valence-electron chi connectivity index (χ1n) is 5.71. The van der Waals surface area contributed by atoms with Crippen LogP contribution in [0.1, 0.15) is 19.4 Å². The Morgan fingerprint density at radius 3 is 2.24 bits per heavy atom. The number of Topliss-reactive ketones (excluding diaryl/α,β-unsaturated/α-hetero) is 1. The molecule has 1 aromatic carbocycles. The molecule has 116 valence electrons. The molecule has 0 unspecified atom stereocenters. The lowest BCUT2D eigenvalue weighted by Crippen LogP contribution is -2.42. The van der Waals surface area contributed by atoms with Crippen LogP contribution >= 0.6 is 23.2 Å². The SMILES string of the molecule is CC(C)(OC(=O)C(F)(F)F)C(=O)Cc1ccc(Cl)cc1Cl. The number of carbonyl (C=O) groups is 2. The first kappa shape index (κ1) is 17.8. The summed E-state index contributed by atoms with van der Waals surface area (Å²) < 4.78 is 40.7. The van der Waals surface area contributed by atoms with Crippen LogP contribution in [-0.4, -0.2) is 23.5 Å². The van der Waals surface area contributed by atoms with E-state index in [1.54, 1.807) is 0 Å². The second-order valence-corrected chi connectivity index (χ2v) is 5.58. The summed E-state index contributed by atoms with van der Waals surface area (Å²) in [5.74, 6) is -3.13. The van der Waals surface area contributed by atoms with E-state index in [1.807, 2.05) is 0 Å². The number of ketones is 1. The van der Waals surface area contributed by atoms with E-state index in [1.165, 1.54) is 18.2 Å². The van der Waals surface area contributed by atoms with Crippen molar-refractivity contribution in [1.82, 2.24) is 0 Å². The van der Waals surface area contributed by atoms with Crippen LogP contribution in [0.5, 0.6) is 0 Å². The van der Waals surface area contributed by atoms with Crippen molar-refractivity contribution in [2.75, 3.05) is 0 Å². The van der Waals surface area contributed by atoms with Gasteiger partial charge in [-0.05, 0) is 31.5 Å². The fourth-order valence-electron chi connectivity index (χ4n) is 1.40. The number of ether oxygens (including phenoxy) is 1. The minimum Gasteiger partial charge on any atom is -0.445 e. The normalized spacial score (nSPS) is 12.1. The zero-order chi connectivity index (χ0) is 16.4. The first-order chi connectivity index (χ1) is 9.43. The zero-order valence-corrected chi connectivity index (χ0v) is 12.6. The van der Waals surface area contributed by atoms with Gasteiger partial charge in [0.2, 0.25) is 0 Å². The van der Waals surface area contributed by atoms with Crippen molar-refractivity contribution >= 4 is 35.0 Å². The Morgan fingerprint density at radius 2 is 1.76 bits per heavy atom. The number of carbonyl (C=O) groups excluding carboxylic acids is 2. The molecule has 21 heavy (non-hydrogen) atoms. The van der Waals surface area contributed by atoms with Gasteiger partial charge in [-0.2, -0.15) is 13.2 Å². The van der Waals surface area contributed by atoms with Crippen LogP contribution in [0.2, 0.25) is 10.0 Å². The average Bonchev–Trinajstić information content (AvgIpc) is 2.30. The fraction of sp³-hybridized carbons (Fsp3) is 0.385. The van der Waals surface area contributed by atoms with Gasteiger partial charge in [-0.1, -0.05) is 29.3 Å². The van der Waals surface area contributed by atoms with Gasteiger partial charge in [-0.15, -0.1) is 0 Å². The largest absolute Gasteiger partial charge is 0.490 e. The number of hydrogen-bond acceptors (Lipinski definition) is 3. The monoisotopic (exact) mass is 342 g/mol. The summed E-state index contributed by atoms with van der Waals surface area (Å²) in [6, 6.07) is 4.37. The number of halogens is 5. The summed E-state index contributed by atoms with van der Waals surface area (Å²) in [5, 5.41) is 0.563. The Hall–Kier alpha value is -1.27. The van der Waals surface area contributed by atoms with E-state index in [0.717, 1.165) is 13.8 Å². The van der Waals surface area contributed by atoms with Gasteiger partial charge in [0.15, 0.2) is 11.4 Å². The molecule has 1 rings (SSSR count). The van der Waals surface area contributed by atoms with Crippen LogP contribution < -0.4 is 0 Å². The molecular weight excluding hydrogens is 332 g/mol. The molecular formula is C13H11Cl2F3O3. The van der Waals surface area contributed by atoms with Crippen LogP contribution in [0, 0.1) is 0 Å². The van der Waals surface area contributed by atoms with Crippen LogP contribution in [0.3, 0.4) is 0 Å². The van der Waals surface area contributed by atoms with Crippen molar-refractivity contribution in [3.05, 3.63) is 33.8 Å². The van der Waals surface area contributed by atoms with Crippen molar-refractivity contribution in [1.29, 1.82) is 0 Å². The summed E-state index contributed by atoms with van der Waals surface area (Å²) in [7, 11) is 0. The molecule has 0 spiro atoms. The predicted octanol–water partition coefficient (Wildman–Crippen LogP) is 3.99. The van der Waals surface area contributed by atoms with Crippen molar-refractivity contribution in [3.63, 3.8) is 0 Å². The Balaban J connectivity index is 2.84. The molecule has 0 amide bonds. The number of benzene rings is 1. The van der Waals surface area contributed by atoms with Gasteiger partial charge in [0.1, 0.15) is 0 Å². The van der Waals surface area contributed by atoms with Crippen molar-refractivity contribution in [2.45, 2.75) is 32.0 Å². The smallest absolute Gasteiger partial charge is 0.445 e. The lowest BCUT2D eigenvalue weighted by molar-refractivity contribution is -0.211. The molecule has 0 bridgehead atoms. The number of esters is 1. The molecule has 0 N–H and O–H groups in total. The molecule has 0 saturated carbocycles. The lowest BCUT2D eigenvalue weighted by Gasteiger charge is -2.24. The Kier molecular flexibility index (Phi) is 5.28. The minimum absolute atomic E-state index is 0.203. The molecule has 3 nitrogen and oxygen atoms in total. The molecule has 0 heterocycles. The molecule has 0 radical (unpaired) electrons. The van der Waals surface area contributed by atoms with Gasteiger partial charge in [-0.25, -0.2) is 4.79 Å². The van der Waals surface area contributed by atoms with Crippen molar-refractivity contribution < 1.29 is 27.5 Å². The second kappa shape index (κ2) is 6.23. The lowest BCUT2D eigenvalue weighted by atomic mass is 9.96. The van der Waals surface area contributed by atoms with Crippen LogP contribution in [0.15, 0.2) is 18.2 Å². The average molecular weight is 343 g/mol. The van der Waals surface area contributed by atoms with Crippen LogP contribution in [-0.2, 0) is 20.7 Å². The first-order valence-corrected chi connectivity index (χ1v) is 6.46.